The van der Waals surface area contributed by atoms with E-state index >= 15 is 0 Å². The summed E-state index contributed by atoms with van der Waals surface area (Å²) in [5.41, 5.74) is 1.04. The number of amides is 1. The molecule has 1 amide bonds. The lowest BCUT2D eigenvalue weighted by Crippen LogP contribution is -2.30. The highest BCUT2D eigenvalue weighted by Crippen LogP contribution is 2.32. The molecule has 0 radical (unpaired) electrons. The van der Waals surface area contributed by atoms with E-state index in [2.05, 4.69) is 6.07 Å². The van der Waals surface area contributed by atoms with Crippen LogP contribution >= 0.6 is 11.3 Å². The Bertz CT molecular complexity index is 594. The van der Waals surface area contributed by atoms with E-state index in [1.807, 2.05) is 16.3 Å². The zero-order chi connectivity index (χ0) is 14.7. The maximum absolute atomic E-state index is 13.0. The van der Waals surface area contributed by atoms with E-state index in [1.54, 1.807) is 23.5 Å². The lowest BCUT2D eigenvalue weighted by Gasteiger charge is -2.25. The molecule has 1 aliphatic heterocycles. The molecule has 0 spiro atoms. The number of likely N-dealkylation sites (tertiary alicyclic amines) is 1. The number of rotatable bonds is 4. The quantitative estimate of drug-likeness (QED) is 0.829. The Morgan fingerprint density at radius 3 is 2.81 bits per heavy atom. The van der Waals surface area contributed by atoms with Crippen LogP contribution in [0, 0.1) is 5.82 Å². The van der Waals surface area contributed by atoms with Crippen LogP contribution in [0.4, 0.5) is 4.39 Å². The van der Waals surface area contributed by atoms with Gasteiger partial charge in [-0.1, -0.05) is 18.2 Å². The van der Waals surface area contributed by atoms with Crippen molar-refractivity contribution >= 4 is 17.2 Å². The second-order valence-corrected chi connectivity index (χ2v) is 6.41. The van der Waals surface area contributed by atoms with Gasteiger partial charge >= 0.3 is 0 Å². The van der Waals surface area contributed by atoms with E-state index in [1.165, 1.54) is 17.0 Å². The van der Waals surface area contributed by atoms with Gasteiger partial charge in [0.25, 0.3) is 0 Å². The van der Waals surface area contributed by atoms with Crippen LogP contribution in [0.1, 0.15) is 35.7 Å². The molecule has 2 aromatic rings. The molecule has 1 aliphatic rings. The van der Waals surface area contributed by atoms with Gasteiger partial charge in [0, 0.05) is 17.8 Å². The van der Waals surface area contributed by atoms with Gasteiger partial charge in [-0.25, -0.2) is 4.39 Å². The first-order chi connectivity index (χ1) is 10.2. The van der Waals surface area contributed by atoms with E-state index in [9.17, 15) is 9.18 Å². The lowest BCUT2D eigenvalue weighted by molar-refractivity contribution is -0.132. The summed E-state index contributed by atoms with van der Waals surface area (Å²) in [6.07, 6.45) is 3.35. The van der Waals surface area contributed by atoms with Crippen LogP contribution < -0.4 is 0 Å². The minimum absolute atomic E-state index is 0.112. The van der Waals surface area contributed by atoms with Crippen molar-refractivity contribution in [1.29, 1.82) is 0 Å². The molecule has 2 nitrogen and oxygen atoms in total. The maximum atomic E-state index is 13.0. The summed E-state index contributed by atoms with van der Waals surface area (Å²) in [6.45, 7) is 0.811. The molecule has 0 N–H and O–H groups in total. The van der Waals surface area contributed by atoms with Gasteiger partial charge in [-0.05, 0) is 48.4 Å². The molecule has 1 aromatic heterocycles. The number of aryl methyl sites for hydroxylation is 1. The Labute approximate surface area is 128 Å². The number of halogens is 1. The van der Waals surface area contributed by atoms with Crippen molar-refractivity contribution in [3.8, 4) is 0 Å². The summed E-state index contributed by atoms with van der Waals surface area (Å²) in [5, 5.41) is 2.04. The van der Waals surface area contributed by atoms with E-state index in [-0.39, 0.29) is 17.8 Å². The van der Waals surface area contributed by atoms with Crippen LogP contribution in [0.25, 0.3) is 0 Å². The Kier molecular flexibility index (Phi) is 4.34. The molecular weight excluding hydrogens is 285 g/mol. The third kappa shape index (κ3) is 3.32. The summed E-state index contributed by atoms with van der Waals surface area (Å²) in [6, 6.07) is 10.7. The largest absolute Gasteiger partial charge is 0.336 e. The molecule has 4 heteroatoms. The molecule has 1 unspecified atom stereocenters. The summed E-state index contributed by atoms with van der Waals surface area (Å²) in [7, 11) is 0. The SMILES string of the molecule is O=C(CCc1cccs1)N1CCCC1c1ccc(F)cc1. The van der Waals surface area contributed by atoms with Gasteiger partial charge < -0.3 is 4.90 Å². The summed E-state index contributed by atoms with van der Waals surface area (Å²) >= 11 is 1.69. The lowest BCUT2D eigenvalue weighted by atomic mass is 10.0. The zero-order valence-corrected chi connectivity index (χ0v) is 12.6. The number of nitrogens with zero attached hydrogens (tertiary/aromatic N) is 1. The van der Waals surface area contributed by atoms with Crippen LogP contribution in [0.5, 0.6) is 0 Å². The summed E-state index contributed by atoms with van der Waals surface area (Å²) in [4.78, 5) is 15.7. The van der Waals surface area contributed by atoms with Crippen molar-refractivity contribution in [3.63, 3.8) is 0 Å². The van der Waals surface area contributed by atoms with Crippen molar-refractivity contribution in [2.24, 2.45) is 0 Å². The number of benzene rings is 1. The molecule has 110 valence electrons. The summed E-state index contributed by atoms with van der Waals surface area (Å²) < 4.78 is 13.0. The number of hydrogen-bond acceptors (Lipinski definition) is 2. The van der Waals surface area contributed by atoms with Gasteiger partial charge in [-0.3, -0.25) is 4.79 Å². The molecule has 2 heterocycles. The van der Waals surface area contributed by atoms with Gasteiger partial charge in [0.05, 0.1) is 6.04 Å². The minimum Gasteiger partial charge on any atom is -0.336 e. The Morgan fingerprint density at radius 2 is 2.10 bits per heavy atom. The summed E-state index contributed by atoms with van der Waals surface area (Å²) in [5.74, 6) is -0.0254. The molecule has 0 bridgehead atoms. The van der Waals surface area contributed by atoms with Gasteiger partial charge in [0.1, 0.15) is 5.82 Å². The molecule has 1 aromatic carbocycles. The molecule has 1 saturated heterocycles. The minimum atomic E-state index is -0.229. The predicted octanol–water partition coefficient (Wildman–Crippen LogP) is 4.18. The first kappa shape index (κ1) is 14.3. The van der Waals surface area contributed by atoms with E-state index in [0.717, 1.165) is 31.4 Å². The first-order valence-corrected chi connectivity index (χ1v) is 8.19. The molecule has 21 heavy (non-hydrogen) atoms. The van der Waals surface area contributed by atoms with Crippen LogP contribution in [0.2, 0.25) is 0 Å². The maximum Gasteiger partial charge on any atom is 0.223 e. The van der Waals surface area contributed by atoms with E-state index in [0.29, 0.717) is 6.42 Å². The normalized spacial score (nSPS) is 18.1. The monoisotopic (exact) mass is 303 g/mol. The number of carbonyl (C=O) groups excluding carboxylic acids is 1. The van der Waals surface area contributed by atoms with Gasteiger partial charge in [0.2, 0.25) is 5.91 Å². The van der Waals surface area contributed by atoms with Crippen molar-refractivity contribution in [2.45, 2.75) is 31.7 Å². The number of carbonyl (C=O) groups is 1. The highest BCUT2D eigenvalue weighted by atomic mass is 32.1. The Hall–Kier alpha value is -1.68. The standard InChI is InChI=1S/C17H18FNOS/c18-14-7-5-13(6-8-14)16-4-1-11-19(16)17(20)10-9-15-3-2-12-21-15/h2-3,5-8,12,16H,1,4,9-11H2. The van der Waals surface area contributed by atoms with Gasteiger partial charge in [-0.15, -0.1) is 11.3 Å². The topological polar surface area (TPSA) is 20.3 Å². The number of hydrogen-bond donors (Lipinski definition) is 0. The smallest absolute Gasteiger partial charge is 0.223 e. The third-order valence-corrected chi connectivity index (χ3v) is 4.93. The average Bonchev–Trinajstić information content (AvgIpc) is 3.17. The van der Waals surface area contributed by atoms with Gasteiger partial charge in [-0.2, -0.15) is 0 Å². The molecule has 0 saturated carbocycles. The van der Waals surface area contributed by atoms with Gasteiger partial charge in [0.15, 0.2) is 0 Å². The highest BCUT2D eigenvalue weighted by molar-refractivity contribution is 7.09. The first-order valence-electron chi connectivity index (χ1n) is 7.31. The third-order valence-electron chi connectivity index (χ3n) is 3.99. The highest BCUT2D eigenvalue weighted by Gasteiger charge is 2.29. The van der Waals surface area contributed by atoms with Crippen LogP contribution in [-0.2, 0) is 11.2 Å². The second-order valence-electron chi connectivity index (χ2n) is 5.38. The van der Waals surface area contributed by atoms with E-state index < -0.39 is 0 Å². The van der Waals surface area contributed by atoms with Crippen molar-refractivity contribution in [1.82, 2.24) is 4.90 Å². The molecule has 3 rings (SSSR count). The molecule has 1 atom stereocenters. The zero-order valence-electron chi connectivity index (χ0n) is 11.8. The van der Waals surface area contributed by atoms with Crippen LogP contribution in [0.15, 0.2) is 41.8 Å². The van der Waals surface area contributed by atoms with Crippen LogP contribution in [-0.4, -0.2) is 17.4 Å². The fourth-order valence-corrected chi connectivity index (χ4v) is 3.63. The molecular formula is C17H18FNOS. The second kappa shape index (κ2) is 6.39. The molecule has 1 fully saturated rings. The Balaban J connectivity index is 1.65. The fraction of sp³-hybridized carbons (Fsp3) is 0.353. The average molecular weight is 303 g/mol. The van der Waals surface area contributed by atoms with E-state index in [4.69, 9.17) is 0 Å². The van der Waals surface area contributed by atoms with Crippen LogP contribution in [0.3, 0.4) is 0 Å². The van der Waals surface area contributed by atoms with Crippen molar-refractivity contribution in [3.05, 3.63) is 58.0 Å². The predicted molar refractivity (Wildman–Crippen MR) is 82.7 cm³/mol. The van der Waals surface area contributed by atoms with Crippen molar-refractivity contribution < 1.29 is 9.18 Å². The van der Waals surface area contributed by atoms with Crippen molar-refractivity contribution in [2.75, 3.05) is 6.54 Å². The number of thiophene rings is 1. The Morgan fingerprint density at radius 1 is 1.29 bits per heavy atom. The molecule has 0 aliphatic carbocycles. The fourth-order valence-electron chi connectivity index (χ4n) is 2.93.